The van der Waals surface area contributed by atoms with E-state index in [1.165, 1.54) is 18.2 Å². The Labute approximate surface area is 167 Å². The van der Waals surface area contributed by atoms with Crippen molar-refractivity contribution in [3.8, 4) is 0 Å². The third-order valence-corrected chi connectivity index (χ3v) is 5.70. The maximum atomic E-state index is 12.2. The van der Waals surface area contributed by atoms with Crippen molar-refractivity contribution in [2.75, 3.05) is 29.1 Å². The van der Waals surface area contributed by atoms with Gasteiger partial charge in [0.05, 0.1) is 5.75 Å². The molecule has 26 heavy (non-hydrogen) atoms. The molecule has 1 aromatic heterocycles. The molecule has 1 fully saturated rings. The quantitative estimate of drug-likeness (QED) is 0.556. The van der Waals surface area contributed by atoms with Crippen LogP contribution in [0.5, 0.6) is 0 Å². The summed E-state index contributed by atoms with van der Waals surface area (Å²) in [5.41, 5.74) is 0.782. The van der Waals surface area contributed by atoms with Crippen molar-refractivity contribution in [3.05, 3.63) is 41.1 Å². The lowest BCUT2D eigenvalue weighted by atomic mass is 9.92. The molecule has 1 amide bonds. The largest absolute Gasteiger partial charge is 0.356 e. The Bertz CT molecular complexity index is 763. The molecule has 5 nitrogen and oxygen atoms in total. The minimum absolute atomic E-state index is 0.0477. The average molecular weight is 435 g/mol. The van der Waals surface area contributed by atoms with Gasteiger partial charge in [0, 0.05) is 29.3 Å². The first kappa shape index (κ1) is 19.2. The zero-order valence-corrected chi connectivity index (χ0v) is 17.4. The van der Waals surface area contributed by atoms with Gasteiger partial charge in [0.15, 0.2) is 0 Å². The number of anilines is 2. The molecular weight excluding hydrogens is 412 g/mol. The second kappa shape index (κ2) is 8.86. The van der Waals surface area contributed by atoms with Crippen LogP contribution in [0.2, 0.25) is 0 Å². The highest BCUT2D eigenvalue weighted by molar-refractivity contribution is 9.10. The molecule has 0 bridgehead atoms. The number of hydrogen-bond donors (Lipinski definition) is 1. The molecule has 1 aromatic carbocycles. The monoisotopic (exact) mass is 434 g/mol. The Morgan fingerprint density at radius 1 is 1.27 bits per heavy atom. The van der Waals surface area contributed by atoms with E-state index >= 15 is 0 Å². The number of thioether (sulfide) groups is 1. The maximum absolute atomic E-state index is 12.2. The van der Waals surface area contributed by atoms with Gasteiger partial charge in [0.1, 0.15) is 17.2 Å². The van der Waals surface area contributed by atoms with Crippen LogP contribution in [0.1, 0.15) is 20.3 Å². The smallest absolute Gasteiger partial charge is 0.234 e. The fraction of sp³-hybridized carbons (Fsp3) is 0.421. The number of nitrogens with one attached hydrogen (secondary N) is 1. The summed E-state index contributed by atoms with van der Waals surface area (Å²) in [7, 11) is 0. The molecule has 2 unspecified atom stereocenters. The molecule has 0 aliphatic carbocycles. The van der Waals surface area contributed by atoms with Gasteiger partial charge in [-0.25, -0.2) is 9.97 Å². The topological polar surface area (TPSA) is 58.1 Å². The predicted octanol–water partition coefficient (Wildman–Crippen LogP) is 4.45. The molecule has 2 aromatic rings. The van der Waals surface area contributed by atoms with E-state index in [0.29, 0.717) is 17.6 Å². The van der Waals surface area contributed by atoms with Gasteiger partial charge in [-0.3, -0.25) is 4.79 Å². The van der Waals surface area contributed by atoms with Crippen LogP contribution in [0, 0.1) is 11.8 Å². The van der Waals surface area contributed by atoms with E-state index in [1.807, 2.05) is 30.3 Å². The average Bonchev–Trinajstić information content (AvgIpc) is 2.59. The molecule has 2 heterocycles. The van der Waals surface area contributed by atoms with Crippen LogP contribution in [0.25, 0.3) is 0 Å². The number of carbonyl (C=O) groups is 1. The summed E-state index contributed by atoms with van der Waals surface area (Å²) in [4.78, 5) is 23.2. The summed E-state index contributed by atoms with van der Waals surface area (Å²) >= 11 is 4.83. The van der Waals surface area contributed by atoms with Gasteiger partial charge in [0.25, 0.3) is 0 Å². The Kier molecular flexibility index (Phi) is 6.53. The van der Waals surface area contributed by atoms with Crippen LogP contribution >= 0.6 is 27.7 Å². The number of halogens is 1. The summed E-state index contributed by atoms with van der Waals surface area (Å²) in [6.07, 6.45) is 2.85. The Morgan fingerprint density at radius 2 is 2.04 bits per heavy atom. The van der Waals surface area contributed by atoms with E-state index in [9.17, 15) is 4.79 Å². The van der Waals surface area contributed by atoms with Crippen LogP contribution in [0.15, 0.2) is 46.2 Å². The molecule has 1 aliphatic heterocycles. The number of rotatable bonds is 5. The molecule has 0 saturated carbocycles. The minimum atomic E-state index is -0.0477. The van der Waals surface area contributed by atoms with Crippen molar-refractivity contribution in [3.63, 3.8) is 0 Å². The van der Waals surface area contributed by atoms with Gasteiger partial charge >= 0.3 is 0 Å². The van der Waals surface area contributed by atoms with Gasteiger partial charge in [0.2, 0.25) is 5.91 Å². The van der Waals surface area contributed by atoms with Crippen molar-refractivity contribution < 1.29 is 4.79 Å². The summed E-state index contributed by atoms with van der Waals surface area (Å²) in [6.45, 7) is 6.61. The lowest BCUT2D eigenvalue weighted by Gasteiger charge is -2.35. The molecule has 2 atom stereocenters. The molecule has 0 radical (unpaired) electrons. The fourth-order valence-corrected chi connectivity index (χ4v) is 4.40. The summed E-state index contributed by atoms with van der Waals surface area (Å²) in [5, 5.41) is 3.72. The van der Waals surface area contributed by atoms with Crippen LogP contribution < -0.4 is 10.2 Å². The lowest BCUT2D eigenvalue weighted by molar-refractivity contribution is -0.113. The minimum Gasteiger partial charge on any atom is -0.356 e. The molecule has 1 saturated heterocycles. The molecule has 1 aliphatic rings. The van der Waals surface area contributed by atoms with Crippen molar-refractivity contribution in [2.24, 2.45) is 11.8 Å². The maximum Gasteiger partial charge on any atom is 0.234 e. The number of carbonyl (C=O) groups excluding carboxylic acids is 1. The number of benzene rings is 1. The van der Waals surface area contributed by atoms with Gasteiger partial charge in [-0.2, -0.15) is 0 Å². The van der Waals surface area contributed by atoms with E-state index in [2.05, 4.69) is 50.0 Å². The van der Waals surface area contributed by atoms with E-state index < -0.39 is 0 Å². The van der Waals surface area contributed by atoms with Crippen LogP contribution in [-0.2, 0) is 4.79 Å². The normalized spacial score (nSPS) is 20.0. The number of nitrogens with zero attached hydrogens (tertiary/aromatic N) is 3. The first-order valence-corrected chi connectivity index (χ1v) is 10.5. The lowest BCUT2D eigenvalue weighted by Crippen LogP contribution is -2.39. The van der Waals surface area contributed by atoms with Crippen LogP contribution in [0.3, 0.4) is 0 Å². The van der Waals surface area contributed by atoms with E-state index in [4.69, 9.17) is 0 Å². The molecule has 1 N–H and O–H groups in total. The zero-order chi connectivity index (χ0) is 18.5. The first-order valence-electron chi connectivity index (χ1n) is 8.75. The van der Waals surface area contributed by atoms with E-state index in [-0.39, 0.29) is 5.91 Å². The van der Waals surface area contributed by atoms with Crippen molar-refractivity contribution in [2.45, 2.75) is 25.3 Å². The van der Waals surface area contributed by atoms with Crippen LogP contribution in [0.4, 0.5) is 11.5 Å². The standard InChI is InChI=1S/C19H23BrN4OS/c1-13-6-14(2)10-24(9-13)17-8-19(22-12-21-17)26-11-18(25)23-16-5-3-4-15(20)7-16/h3-5,7-8,12-14H,6,9-11H2,1-2H3,(H,23,25). The molecular formula is C19H23BrN4OS. The second-order valence-corrected chi connectivity index (χ2v) is 8.82. The summed E-state index contributed by atoms with van der Waals surface area (Å²) in [5.74, 6) is 2.55. The first-order chi connectivity index (χ1) is 12.5. The van der Waals surface area contributed by atoms with Crippen molar-refractivity contribution in [1.29, 1.82) is 0 Å². The molecule has 138 valence electrons. The predicted molar refractivity (Wildman–Crippen MR) is 111 cm³/mol. The molecule has 3 rings (SSSR count). The third-order valence-electron chi connectivity index (χ3n) is 4.28. The third kappa shape index (κ3) is 5.45. The Balaban J connectivity index is 1.57. The molecule has 0 spiro atoms. The molecule has 7 heteroatoms. The number of piperidine rings is 1. The summed E-state index contributed by atoms with van der Waals surface area (Å²) < 4.78 is 0.938. The zero-order valence-electron chi connectivity index (χ0n) is 15.0. The van der Waals surface area contributed by atoms with Gasteiger partial charge in [-0.1, -0.05) is 47.6 Å². The second-order valence-electron chi connectivity index (χ2n) is 6.91. The highest BCUT2D eigenvalue weighted by Gasteiger charge is 2.23. The van der Waals surface area contributed by atoms with Crippen LogP contribution in [-0.4, -0.2) is 34.7 Å². The van der Waals surface area contributed by atoms with E-state index in [1.54, 1.807) is 6.33 Å². The highest BCUT2D eigenvalue weighted by Crippen LogP contribution is 2.27. The van der Waals surface area contributed by atoms with Gasteiger partial charge in [-0.05, 0) is 36.5 Å². The van der Waals surface area contributed by atoms with E-state index in [0.717, 1.165) is 34.1 Å². The van der Waals surface area contributed by atoms with Crippen molar-refractivity contribution >= 4 is 45.1 Å². The number of amides is 1. The Morgan fingerprint density at radius 3 is 2.77 bits per heavy atom. The van der Waals surface area contributed by atoms with Gasteiger partial charge < -0.3 is 10.2 Å². The summed E-state index contributed by atoms with van der Waals surface area (Å²) in [6, 6.07) is 9.56. The fourth-order valence-electron chi connectivity index (χ4n) is 3.33. The van der Waals surface area contributed by atoms with Gasteiger partial charge in [-0.15, -0.1) is 0 Å². The number of hydrogen-bond acceptors (Lipinski definition) is 5. The van der Waals surface area contributed by atoms with Crippen molar-refractivity contribution in [1.82, 2.24) is 9.97 Å². The number of aromatic nitrogens is 2. The highest BCUT2D eigenvalue weighted by atomic mass is 79.9. The Hall–Kier alpha value is -1.60. The SMILES string of the molecule is CC1CC(C)CN(c2cc(SCC(=O)Nc3cccc(Br)c3)ncn2)C1.